The Morgan fingerprint density at radius 1 is 1.00 bits per heavy atom. The zero-order chi connectivity index (χ0) is 22.8. The molecule has 1 aromatic carbocycles. The van der Waals surface area contributed by atoms with Crippen molar-refractivity contribution in [2.45, 2.75) is 27.7 Å². The highest BCUT2D eigenvalue weighted by Gasteiger charge is 2.19. The Morgan fingerprint density at radius 2 is 1.69 bits per heavy atom. The van der Waals surface area contributed by atoms with Gasteiger partial charge in [-0.1, -0.05) is 17.7 Å². The molecule has 0 saturated carbocycles. The van der Waals surface area contributed by atoms with Crippen LogP contribution in [0.2, 0.25) is 0 Å². The van der Waals surface area contributed by atoms with E-state index in [2.05, 4.69) is 47.4 Å². The Bertz CT molecular complexity index is 1110. The number of nitrogens with zero attached hydrogens (tertiary/aromatic N) is 6. The SMILES string of the molecule is Cc1cc(C)c(NC(=O)c2cnc(Nc3nc(C)nc(N4CCN(C)CC4)n3)o2)c(C)c1. The third-order valence-corrected chi connectivity index (χ3v) is 5.39. The Balaban J connectivity index is 1.47. The third-order valence-electron chi connectivity index (χ3n) is 5.39. The van der Waals surface area contributed by atoms with Gasteiger partial charge in [0.05, 0.1) is 6.20 Å². The third kappa shape index (κ3) is 4.86. The number of anilines is 4. The molecule has 0 atom stereocenters. The number of aryl methyl sites for hydroxylation is 4. The molecule has 32 heavy (non-hydrogen) atoms. The van der Waals surface area contributed by atoms with E-state index < -0.39 is 0 Å². The van der Waals surface area contributed by atoms with Crippen molar-refractivity contribution in [3.63, 3.8) is 0 Å². The summed E-state index contributed by atoms with van der Waals surface area (Å²) >= 11 is 0. The van der Waals surface area contributed by atoms with Crippen LogP contribution in [0, 0.1) is 27.7 Å². The van der Waals surface area contributed by atoms with Crippen LogP contribution in [0.15, 0.2) is 22.7 Å². The fourth-order valence-corrected chi connectivity index (χ4v) is 3.76. The molecule has 1 aliphatic heterocycles. The van der Waals surface area contributed by atoms with E-state index in [-0.39, 0.29) is 17.7 Å². The van der Waals surface area contributed by atoms with Gasteiger partial charge in [-0.2, -0.15) is 15.0 Å². The first-order chi connectivity index (χ1) is 15.3. The quantitative estimate of drug-likeness (QED) is 0.623. The van der Waals surface area contributed by atoms with Crippen molar-refractivity contribution in [3.8, 4) is 0 Å². The van der Waals surface area contributed by atoms with Crippen molar-refractivity contribution in [2.24, 2.45) is 0 Å². The number of rotatable bonds is 5. The Labute approximate surface area is 187 Å². The van der Waals surface area contributed by atoms with Crippen molar-refractivity contribution in [3.05, 3.63) is 46.6 Å². The van der Waals surface area contributed by atoms with Gasteiger partial charge in [-0.05, 0) is 45.9 Å². The predicted octanol–water partition coefficient (Wildman–Crippen LogP) is 2.84. The topological polar surface area (TPSA) is 112 Å². The number of carbonyl (C=O) groups is 1. The van der Waals surface area contributed by atoms with Crippen LogP contribution in [-0.2, 0) is 0 Å². The molecule has 0 bridgehead atoms. The molecule has 3 heterocycles. The van der Waals surface area contributed by atoms with Crippen molar-refractivity contribution in [1.82, 2.24) is 24.8 Å². The lowest BCUT2D eigenvalue weighted by atomic mass is 10.1. The second-order valence-electron chi connectivity index (χ2n) is 8.18. The average molecular weight is 437 g/mol. The van der Waals surface area contributed by atoms with Gasteiger partial charge in [-0.3, -0.25) is 10.1 Å². The van der Waals surface area contributed by atoms with Gasteiger partial charge in [0.15, 0.2) is 0 Å². The number of hydrogen-bond acceptors (Lipinski definition) is 9. The van der Waals surface area contributed by atoms with Crippen LogP contribution < -0.4 is 15.5 Å². The molecule has 0 radical (unpaired) electrons. The summed E-state index contributed by atoms with van der Waals surface area (Å²) in [5.74, 6) is 1.25. The average Bonchev–Trinajstić information content (AvgIpc) is 3.19. The summed E-state index contributed by atoms with van der Waals surface area (Å²) in [6.07, 6.45) is 1.38. The zero-order valence-electron chi connectivity index (χ0n) is 19.1. The summed E-state index contributed by atoms with van der Waals surface area (Å²) in [4.78, 5) is 34.5. The van der Waals surface area contributed by atoms with E-state index in [4.69, 9.17) is 4.42 Å². The number of hydrogen-bond donors (Lipinski definition) is 2. The summed E-state index contributed by atoms with van der Waals surface area (Å²) in [7, 11) is 2.10. The smallest absolute Gasteiger partial charge is 0.302 e. The number of carbonyl (C=O) groups excluding carboxylic acids is 1. The lowest BCUT2D eigenvalue weighted by Gasteiger charge is -2.32. The fraction of sp³-hybridized carbons (Fsp3) is 0.409. The summed E-state index contributed by atoms with van der Waals surface area (Å²) in [6.45, 7) is 11.4. The van der Waals surface area contributed by atoms with Crippen molar-refractivity contribution in [2.75, 3.05) is 48.8 Å². The predicted molar refractivity (Wildman–Crippen MR) is 123 cm³/mol. The lowest BCUT2D eigenvalue weighted by molar-refractivity contribution is 0.0997. The molecule has 168 valence electrons. The normalized spacial score (nSPS) is 14.5. The van der Waals surface area contributed by atoms with Crippen LogP contribution in [0.4, 0.5) is 23.6 Å². The van der Waals surface area contributed by atoms with Gasteiger partial charge in [-0.25, -0.2) is 4.98 Å². The number of nitrogens with one attached hydrogen (secondary N) is 2. The summed E-state index contributed by atoms with van der Waals surface area (Å²) in [5.41, 5.74) is 3.90. The van der Waals surface area contributed by atoms with Crippen LogP contribution in [0.5, 0.6) is 0 Å². The van der Waals surface area contributed by atoms with Crippen LogP contribution >= 0.6 is 0 Å². The standard InChI is InChI=1S/C22H28N8O2/c1-13-10-14(2)18(15(3)11-13)26-19(31)17-12-23-22(32-17)28-20-24-16(4)25-21(27-20)30-8-6-29(5)7-9-30/h10-12H,6-9H2,1-5H3,(H,26,31)(H,23,24,25,27,28). The first kappa shape index (κ1) is 21.7. The molecule has 10 heteroatoms. The van der Waals surface area contributed by atoms with Gasteiger partial charge in [-0.15, -0.1) is 0 Å². The van der Waals surface area contributed by atoms with E-state index in [0.717, 1.165) is 48.6 Å². The molecule has 0 unspecified atom stereocenters. The molecule has 0 aliphatic carbocycles. The van der Waals surface area contributed by atoms with E-state index in [0.29, 0.717) is 17.7 Å². The number of aromatic nitrogens is 4. The molecular weight excluding hydrogens is 408 g/mol. The Hall–Kier alpha value is -3.53. The lowest BCUT2D eigenvalue weighted by Crippen LogP contribution is -2.45. The molecule has 1 aliphatic rings. The summed E-state index contributed by atoms with van der Waals surface area (Å²) in [5, 5.41) is 5.86. The fourth-order valence-electron chi connectivity index (χ4n) is 3.76. The second-order valence-corrected chi connectivity index (χ2v) is 8.18. The second kappa shape index (κ2) is 8.91. The highest BCUT2D eigenvalue weighted by atomic mass is 16.4. The molecular formula is C22H28N8O2. The maximum atomic E-state index is 12.7. The number of oxazole rings is 1. The van der Waals surface area contributed by atoms with E-state index in [1.54, 1.807) is 0 Å². The van der Waals surface area contributed by atoms with E-state index in [1.165, 1.54) is 6.20 Å². The molecule has 2 N–H and O–H groups in total. The molecule has 0 spiro atoms. The van der Waals surface area contributed by atoms with E-state index >= 15 is 0 Å². The first-order valence-corrected chi connectivity index (χ1v) is 10.6. The maximum Gasteiger partial charge on any atom is 0.302 e. The van der Waals surface area contributed by atoms with Gasteiger partial charge >= 0.3 is 6.01 Å². The van der Waals surface area contributed by atoms with E-state index in [9.17, 15) is 4.79 Å². The highest BCUT2D eigenvalue weighted by Crippen LogP contribution is 2.23. The van der Waals surface area contributed by atoms with Crippen molar-refractivity contribution >= 4 is 29.5 Å². The molecule has 10 nitrogen and oxygen atoms in total. The van der Waals surface area contributed by atoms with Crippen LogP contribution in [0.1, 0.15) is 33.1 Å². The minimum Gasteiger partial charge on any atom is -0.418 e. The molecule has 3 aromatic rings. The van der Waals surface area contributed by atoms with Gasteiger partial charge in [0.2, 0.25) is 17.7 Å². The van der Waals surface area contributed by atoms with E-state index in [1.807, 2.05) is 39.8 Å². The van der Waals surface area contributed by atoms with Crippen LogP contribution in [0.3, 0.4) is 0 Å². The van der Waals surface area contributed by atoms with Crippen molar-refractivity contribution < 1.29 is 9.21 Å². The number of piperazine rings is 1. The minimum absolute atomic E-state index is 0.0944. The Kier molecular flexibility index (Phi) is 6.04. The largest absolute Gasteiger partial charge is 0.418 e. The molecule has 4 rings (SSSR count). The van der Waals surface area contributed by atoms with Crippen molar-refractivity contribution in [1.29, 1.82) is 0 Å². The molecule has 2 aromatic heterocycles. The van der Waals surface area contributed by atoms with Crippen LogP contribution in [-0.4, -0.2) is 64.0 Å². The maximum absolute atomic E-state index is 12.7. The minimum atomic E-state index is -0.370. The molecule has 1 saturated heterocycles. The zero-order valence-corrected chi connectivity index (χ0v) is 19.1. The number of amides is 1. The highest BCUT2D eigenvalue weighted by molar-refractivity contribution is 6.03. The van der Waals surface area contributed by atoms with Gasteiger partial charge in [0.25, 0.3) is 5.91 Å². The first-order valence-electron chi connectivity index (χ1n) is 10.6. The van der Waals surface area contributed by atoms with Crippen LogP contribution in [0.25, 0.3) is 0 Å². The molecule has 1 amide bonds. The van der Waals surface area contributed by atoms with Gasteiger partial charge < -0.3 is 19.5 Å². The molecule has 1 fully saturated rings. The summed E-state index contributed by atoms with van der Waals surface area (Å²) < 4.78 is 5.61. The van der Waals surface area contributed by atoms with Gasteiger partial charge in [0, 0.05) is 31.9 Å². The number of benzene rings is 1. The Morgan fingerprint density at radius 3 is 2.38 bits per heavy atom. The summed E-state index contributed by atoms with van der Waals surface area (Å²) in [6, 6.07) is 4.19. The number of likely N-dealkylation sites (N-methyl/N-ethyl adjacent to an activating group) is 1. The van der Waals surface area contributed by atoms with Gasteiger partial charge in [0.1, 0.15) is 5.82 Å². The monoisotopic (exact) mass is 436 g/mol.